The molecule has 2 aliphatic rings. The number of amides is 1. The molecule has 2 heterocycles. The summed E-state index contributed by atoms with van der Waals surface area (Å²) in [5, 5.41) is 3.46. The third kappa shape index (κ3) is 4.87. The predicted octanol–water partition coefficient (Wildman–Crippen LogP) is 4.70. The average Bonchev–Trinajstić information content (AvgIpc) is 2.78. The van der Waals surface area contributed by atoms with Crippen molar-refractivity contribution in [2.75, 3.05) is 36.5 Å². The molecule has 7 heteroatoms. The normalized spacial score (nSPS) is 15.6. The minimum absolute atomic E-state index is 0.0960. The van der Waals surface area contributed by atoms with Crippen molar-refractivity contribution in [3.05, 3.63) is 47.0 Å². The maximum absolute atomic E-state index is 12.5. The lowest BCUT2D eigenvalue weighted by atomic mass is 10.1. The lowest BCUT2D eigenvalue weighted by molar-refractivity contribution is -0.116. The van der Waals surface area contributed by atoms with E-state index < -0.39 is 0 Å². The molecule has 1 fully saturated rings. The van der Waals surface area contributed by atoms with Gasteiger partial charge >= 0.3 is 0 Å². The molecule has 158 valence electrons. The molecule has 1 saturated heterocycles. The molecule has 0 unspecified atom stereocenters. The second-order valence-corrected chi connectivity index (χ2v) is 7.95. The number of carbonyl (C=O) groups is 2. The van der Waals surface area contributed by atoms with Crippen LogP contribution in [0.15, 0.2) is 36.4 Å². The van der Waals surface area contributed by atoms with E-state index in [1.807, 2.05) is 12.1 Å². The lowest BCUT2D eigenvalue weighted by Gasteiger charge is -2.29. The molecule has 30 heavy (non-hydrogen) atoms. The van der Waals surface area contributed by atoms with Crippen LogP contribution in [0.5, 0.6) is 11.5 Å². The monoisotopic (exact) mass is 428 g/mol. The van der Waals surface area contributed by atoms with Crippen LogP contribution in [0.4, 0.5) is 11.4 Å². The van der Waals surface area contributed by atoms with Gasteiger partial charge in [-0.3, -0.25) is 9.59 Å². The molecule has 2 aromatic carbocycles. The van der Waals surface area contributed by atoms with E-state index in [1.54, 1.807) is 24.3 Å². The second-order valence-electron chi connectivity index (χ2n) is 7.54. The fourth-order valence-electron chi connectivity index (χ4n) is 3.79. The molecule has 2 aromatic rings. The summed E-state index contributed by atoms with van der Waals surface area (Å²) in [5.41, 5.74) is 2.15. The lowest BCUT2D eigenvalue weighted by Crippen LogP contribution is -2.29. The number of piperidine rings is 1. The minimum Gasteiger partial charge on any atom is -0.486 e. The van der Waals surface area contributed by atoms with Crippen molar-refractivity contribution in [1.29, 1.82) is 0 Å². The number of ketones is 1. The van der Waals surface area contributed by atoms with Gasteiger partial charge in [-0.1, -0.05) is 11.6 Å². The minimum atomic E-state index is -0.220. The Morgan fingerprint density at radius 1 is 0.933 bits per heavy atom. The summed E-state index contributed by atoms with van der Waals surface area (Å²) in [6.07, 6.45) is 3.81. The van der Waals surface area contributed by atoms with E-state index in [1.165, 1.54) is 19.3 Å². The van der Waals surface area contributed by atoms with Crippen molar-refractivity contribution in [3.63, 3.8) is 0 Å². The van der Waals surface area contributed by atoms with Crippen molar-refractivity contribution in [2.45, 2.75) is 32.1 Å². The van der Waals surface area contributed by atoms with Crippen LogP contribution in [0.3, 0.4) is 0 Å². The Hall–Kier alpha value is -2.73. The summed E-state index contributed by atoms with van der Waals surface area (Å²) in [4.78, 5) is 27.1. The van der Waals surface area contributed by atoms with Gasteiger partial charge in [0.1, 0.15) is 13.2 Å². The average molecular weight is 429 g/mol. The fraction of sp³-hybridized carbons (Fsp3) is 0.391. The van der Waals surface area contributed by atoms with E-state index in [9.17, 15) is 9.59 Å². The molecular weight excluding hydrogens is 404 g/mol. The molecule has 1 amide bonds. The third-order valence-corrected chi connectivity index (χ3v) is 5.67. The van der Waals surface area contributed by atoms with Crippen LogP contribution in [0, 0.1) is 0 Å². The van der Waals surface area contributed by atoms with Gasteiger partial charge in [0, 0.05) is 37.2 Å². The van der Waals surface area contributed by atoms with Gasteiger partial charge < -0.3 is 19.7 Å². The maximum Gasteiger partial charge on any atom is 0.224 e. The number of carbonyl (C=O) groups excluding carboxylic acids is 2. The summed E-state index contributed by atoms with van der Waals surface area (Å²) in [7, 11) is 0. The Morgan fingerprint density at radius 2 is 1.70 bits per heavy atom. The Balaban J connectivity index is 1.31. The van der Waals surface area contributed by atoms with Gasteiger partial charge in [0.2, 0.25) is 5.91 Å². The van der Waals surface area contributed by atoms with Crippen LogP contribution in [0.1, 0.15) is 42.5 Å². The van der Waals surface area contributed by atoms with Gasteiger partial charge in [-0.2, -0.15) is 0 Å². The molecule has 0 spiro atoms. The Bertz CT molecular complexity index is 941. The molecule has 2 aliphatic heterocycles. The largest absolute Gasteiger partial charge is 0.486 e. The highest BCUT2D eigenvalue weighted by Gasteiger charge is 2.17. The zero-order chi connectivity index (χ0) is 20.9. The number of anilines is 2. The van der Waals surface area contributed by atoms with Gasteiger partial charge in [0.15, 0.2) is 17.3 Å². The van der Waals surface area contributed by atoms with E-state index in [0.29, 0.717) is 41.0 Å². The Labute approximate surface area is 181 Å². The highest BCUT2D eigenvalue weighted by Crippen LogP contribution is 2.32. The molecule has 0 saturated carbocycles. The van der Waals surface area contributed by atoms with E-state index >= 15 is 0 Å². The number of nitrogens with zero attached hydrogens (tertiary/aromatic N) is 1. The van der Waals surface area contributed by atoms with Crippen molar-refractivity contribution in [1.82, 2.24) is 0 Å². The Morgan fingerprint density at radius 3 is 2.47 bits per heavy atom. The van der Waals surface area contributed by atoms with Crippen molar-refractivity contribution in [2.24, 2.45) is 0 Å². The SMILES string of the molecule is O=C(CCC(=O)c1ccc2c(c1)OCCO2)Nc1ccc(N2CCCCC2)c(Cl)c1. The predicted molar refractivity (Wildman–Crippen MR) is 117 cm³/mol. The molecule has 6 nitrogen and oxygen atoms in total. The summed E-state index contributed by atoms with van der Waals surface area (Å²) >= 11 is 6.44. The molecule has 4 rings (SSSR count). The number of benzene rings is 2. The molecule has 0 radical (unpaired) electrons. The first-order valence-electron chi connectivity index (χ1n) is 10.4. The van der Waals surface area contributed by atoms with Crippen LogP contribution in [-0.2, 0) is 4.79 Å². The smallest absolute Gasteiger partial charge is 0.224 e. The van der Waals surface area contributed by atoms with Crippen LogP contribution in [0.25, 0.3) is 0 Å². The molecule has 1 N–H and O–H groups in total. The summed E-state index contributed by atoms with van der Waals surface area (Å²) < 4.78 is 11.0. The number of ether oxygens (including phenoxy) is 2. The second kappa shape index (κ2) is 9.39. The number of nitrogens with one attached hydrogen (secondary N) is 1. The van der Waals surface area contributed by atoms with Crippen LogP contribution in [-0.4, -0.2) is 38.0 Å². The van der Waals surface area contributed by atoms with Crippen LogP contribution < -0.4 is 19.7 Å². The molecule has 0 bridgehead atoms. The van der Waals surface area contributed by atoms with Crippen molar-refractivity contribution in [3.8, 4) is 11.5 Å². The van der Waals surface area contributed by atoms with Gasteiger partial charge in [0.25, 0.3) is 0 Å². The molecular formula is C23H25ClN2O4. The van der Waals surface area contributed by atoms with Gasteiger partial charge in [-0.15, -0.1) is 0 Å². The first-order valence-corrected chi connectivity index (χ1v) is 10.8. The molecule has 0 aromatic heterocycles. The highest BCUT2D eigenvalue weighted by atomic mass is 35.5. The van der Waals surface area contributed by atoms with E-state index in [-0.39, 0.29) is 24.5 Å². The highest BCUT2D eigenvalue weighted by molar-refractivity contribution is 6.33. The number of Topliss-reactive ketones (excluding diaryl/α,β-unsaturated/α-hetero) is 1. The fourth-order valence-corrected chi connectivity index (χ4v) is 4.09. The van der Waals surface area contributed by atoms with Crippen molar-refractivity contribution >= 4 is 34.7 Å². The summed E-state index contributed by atoms with van der Waals surface area (Å²) in [5.74, 6) is 0.878. The van der Waals surface area contributed by atoms with Gasteiger partial charge in [-0.05, 0) is 55.7 Å². The topological polar surface area (TPSA) is 67.9 Å². The maximum atomic E-state index is 12.5. The van der Waals surface area contributed by atoms with E-state index in [2.05, 4.69) is 10.2 Å². The number of fused-ring (bicyclic) bond motifs is 1. The van der Waals surface area contributed by atoms with Crippen LogP contribution >= 0.6 is 11.6 Å². The Kier molecular flexibility index (Phi) is 6.43. The first-order chi connectivity index (χ1) is 14.6. The third-order valence-electron chi connectivity index (χ3n) is 5.37. The zero-order valence-corrected chi connectivity index (χ0v) is 17.5. The first kappa shape index (κ1) is 20.5. The van der Waals surface area contributed by atoms with Gasteiger partial charge in [0.05, 0.1) is 10.7 Å². The number of hydrogen-bond acceptors (Lipinski definition) is 5. The molecule has 0 aliphatic carbocycles. The van der Waals surface area contributed by atoms with Crippen molar-refractivity contribution < 1.29 is 19.1 Å². The standard InChI is InChI=1S/C23H25ClN2O4/c24-18-15-17(5-6-19(18)26-10-2-1-3-11-26)25-23(28)9-7-20(27)16-4-8-21-22(14-16)30-13-12-29-21/h4-6,8,14-15H,1-3,7,9-13H2,(H,25,28). The summed E-state index contributed by atoms with van der Waals surface area (Å²) in [6.45, 7) is 2.98. The summed E-state index contributed by atoms with van der Waals surface area (Å²) in [6, 6.07) is 10.7. The number of hydrogen-bond donors (Lipinski definition) is 1. The number of halogens is 1. The molecule has 0 atom stereocenters. The van der Waals surface area contributed by atoms with E-state index in [4.69, 9.17) is 21.1 Å². The van der Waals surface area contributed by atoms with Crippen LogP contribution in [0.2, 0.25) is 5.02 Å². The zero-order valence-electron chi connectivity index (χ0n) is 16.8. The van der Waals surface area contributed by atoms with E-state index in [0.717, 1.165) is 18.8 Å². The quantitative estimate of drug-likeness (QED) is 0.675. The number of rotatable bonds is 6. The van der Waals surface area contributed by atoms with Gasteiger partial charge in [-0.25, -0.2) is 0 Å².